The molecule has 19 heavy (non-hydrogen) atoms. The van der Waals surface area contributed by atoms with Crippen molar-refractivity contribution in [2.45, 2.75) is 0 Å². The van der Waals surface area contributed by atoms with Gasteiger partial charge in [0.1, 0.15) is 17.2 Å². The van der Waals surface area contributed by atoms with Crippen molar-refractivity contribution in [2.24, 2.45) is 0 Å². The van der Waals surface area contributed by atoms with Crippen molar-refractivity contribution in [3.63, 3.8) is 0 Å². The predicted molar refractivity (Wildman–Crippen MR) is 67.2 cm³/mol. The summed E-state index contributed by atoms with van der Waals surface area (Å²) in [4.78, 5) is 31.8. The summed E-state index contributed by atoms with van der Waals surface area (Å²) in [5, 5.41) is 21.3. The Bertz CT molecular complexity index is 545. The Hall–Kier alpha value is -2.29. The van der Waals surface area contributed by atoms with Gasteiger partial charge in [-0.25, -0.2) is 0 Å². The average Bonchev–Trinajstić information content (AvgIpc) is 2.27. The van der Waals surface area contributed by atoms with Gasteiger partial charge >= 0.3 is 5.97 Å². The first-order chi connectivity index (χ1) is 8.90. The molecule has 0 bridgehead atoms. The molecule has 0 saturated carbocycles. The van der Waals surface area contributed by atoms with Gasteiger partial charge < -0.3 is 10.4 Å². The molecule has 0 heterocycles. The maximum Gasteiger partial charge on any atom is 0.316 e. The number of anilines is 1. The molecule has 2 N–H and O–H groups in total. The molecule has 0 aliphatic rings. The lowest BCUT2D eigenvalue weighted by molar-refractivity contribution is -0.383. The second-order valence-electron chi connectivity index (χ2n) is 3.44. The molecule has 0 spiro atoms. The number of benzene rings is 1. The lowest BCUT2D eigenvalue weighted by atomic mass is 10.2. The first-order valence-corrected chi connectivity index (χ1v) is 6.49. The number of nitrogens with one attached hydrogen (secondary N) is 1. The summed E-state index contributed by atoms with van der Waals surface area (Å²) < 4.78 is 11.2. The number of carbonyl (C=O) groups excluding carboxylic acids is 1. The highest BCUT2D eigenvalue weighted by Gasteiger charge is 2.17. The van der Waals surface area contributed by atoms with E-state index in [4.69, 9.17) is 5.11 Å². The zero-order valence-electron chi connectivity index (χ0n) is 9.57. The minimum absolute atomic E-state index is 0.0233. The second kappa shape index (κ2) is 6.59. The smallest absolute Gasteiger partial charge is 0.316 e. The van der Waals surface area contributed by atoms with Gasteiger partial charge in [0.25, 0.3) is 5.69 Å². The van der Waals surface area contributed by atoms with Gasteiger partial charge in [0, 0.05) is 16.9 Å². The molecule has 0 saturated heterocycles. The molecule has 0 fully saturated rings. The third-order valence-corrected chi connectivity index (χ3v) is 3.10. The predicted octanol–water partition coefficient (Wildman–Crippen LogP) is 0.367. The van der Waals surface area contributed by atoms with E-state index in [2.05, 4.69) is 5.32 Å². The Morgan fingerprint density at radius 3 is 2.53 bits per heavy atom. The van der Waals surface area contributed by atoms with Gasteiger partial charge in [0.05, 0.1) is 4.92 Å². The fraction of sp³-hybridized carbons (Fsp3) is 0.200. The van der Waals surface area contributed by atoms with Gasteiger partial charge in [-0.2, -0.15) is 0 Å². The summed E-state index contributed by atoms with van der Waals surface area (Å²) >= 11 is 0. The molecule has 1 amide bonds. The van der Waals surface area contributed by atoms with Crippen LogP contribution in [0.25, 0.3) is 0 Å². The van der Waals surface area contributed by atoms with Gasteiger partial charge in [0.15, 0.2) is 0 Å². The van der Waals surface area contributed by atoms with Gasteiger partial charge in [-0.1, -0.05) is 12.1 Å². The minimum Gasteiger partial charge on any atom is -0.481 e. The maximum absolute atomic E-state index is 11.5. The topological polar surface area (TPSA) is 127 Å². The SMILES string of the molecule is O=C(O)C[S@@](=O)CC(=O)Nc1ccccc1[N+](=O)[O-]. The molecular formula is C10H10N2O6S. The van der Waals surface area contributed by atoms with E-state index >= 15 is 0 Å². The fourth-order valence-corrected chi connectivity index (χ4v) is 2.00. The van der Waals surface area contributed by atoms with Crippen LogP contribution in [0.2, 0.25) is 0 Å². The molecule has 1 aromatic carbocycles. The van der Waals surface area contributed by atoms with Crippen molar-refractivity contribution in [1.29, 1.82) is 0 Å². The Morgan fingerprint density at radius 2 is 1.95 bits per heavy atom. The van der Waals surface area contributed by atoms with Crippen LogP contribution < -0.4 is 5.32 Å². The summed E-state index contributed by atoms with van der Waals surface area (Å²) in [5.74, 6) is -3.20. The average molecular weight is 286 g/mol. The van der Waals surface area contributed by atoms with Crippen LogP contribution in [0.1, 0.15) is 0 Å². The molecule has 1 aromatic rings. The largest absolute Gasteiger partial charge is 0.481 e. The zero-order chi connectivity index (χ0) is 14.4. The molecular weight excluding hydrogens is 276 g/mol. The van der Waals surface area contributed by atoms with E-state index in [0.29, 0.717) is 0 Å². The van der Waals surface area contributed by atoms with Crippen molar-refractivity contribution in [2.75, 3.05) is 16.8 Å². The van der Waals surface area contributed by atoms with Crippen LogP contribution in [0.15, 0.2) is 24.3 Å². The number of para-hydroxylation sites is 2. The number of hydrogen-bond acceptors (Lipinski definition) is 5. The van der Waals surface area contributed by atoms with E-state index in [1.165, 1.54) is 24.3 Å². The summed E-state index contributed by atoms with van der Waals surface area (Å²) in [7, 11) is -1.85. The normalized spacial score (nSPS) is 11.6. The Labute approximate surface area is 110 Å². The Morgan fingerprint density at radius 1 is 1.32 bits per heavy atom. The quantitative estimate of drug-likeness (QED) is 0.574. The van der Waals surface area contributed by atoms with Crippen LogP contribution in [-0.2, 0) is 20.4 Å². The molecule has 9 heteroatoms. The van der Waals surface area contributed by atoms with E-state index in [9.17, 15) is 23.9 Å². The Kier molecular flexibility index (Phi) is 5.12. The summed E-state index contributed by atoms with van der Waals surface area (Å²) in [5.41, 5.74) is -0.315. The number of nitro benzene ring substituents is 1. The highest BCUT2D eigenvalue weighted by Crippen LogP contribution is 2.22. The van der Waals surface area contributed by atoms with Gasteiger partial charge in [-0.15, -0.1) is 0 Å². The molecule has 0 aliphatic heterocycles. The third kappa shape index (κ3) is 4.84. The van der Waals surface area contributed by atoms with Crippen LogP contribution >= 0.6 is 0 Å². The van der Waals surface area contributed by atoms with E-state index in [1.54, 1.807) is 0 Å². The van der Waals surface area contributed by atoms with E-state index in [1.807, 2.05) is 0 Å². The molecule has 1 rings (SSSR count). The molecule has 0 aliphatic carbocycles. The minimum atomic E-state index is -1.85. The number of aliphatic carboxylic acids is 1. The number of carbonyl (C=O) groups is 2. The number of carboxylic acids is 1. The third-order valence-electron chi connectivity index (χ3n) is 1.95. The summed E-state index contributed by atoms with van der Waals surface area (Å²) in [6.45, 7) is 0. The molecule has 1 atom stereocenters. The van der Waals surface area contributed by atoms with Gasteiger partial charge in [0.2, 0.25) is 5.91 Å². The molecule has 8 nitrogen and oxygen atoms in total. The number of amides is 1. The van der Waals surface area contributed by atoms with E-state index in [-0.39, 0.29) is 11.4 Å². The summed E-state index contributed by atoms with van der Waals surface area (Å²) in [6, 6.07) is 5.48. The first-order valence-electron chi connectivity index (χ1n) is 5.00. The lowest BCUT2D eigenvalue weighted by Crippen LogP contribution is -2.23. The van der Waals surface area contributed by atoms with Crippen LogP contribution in [0.4, 0.5) is 11.4 Å². The molecule has 0 radical (unpaired) electrons. The number of carboxylic acid groups (broad SMARTS) is 1. The number of nitro groups is 1. The lowest BCUT2D eigenvalue weighted by Gasteiger charge is -2.05. The van der Waals surface area contributed by atoms with Crippen molar-refractivity contribution in [3.05, 3.63) is 34.4 Å². The zero-order valence-corrected chi connectivity index (χ0v) is 10.4. The van der Waals surface area contributed by atoms with Crippen molar-refractivity contribution in [3.8, 4) is 0 Å². The number of nitrogens with zero attached hydrogens (tertiary/aromatic N) is 1. The molecule has 0 unspecified atom stereocenters. The van der Waals surface area contributed by atoms with Crippen molar-refractivity contribution in [1.82, 2.24) is 0 Å². The first kappa shape index (κ1) is 14.8. The summed E-state index contributed by atoms with van der Waals surface area (Å²) in [6.07, 6.45) is 0. The highest BCUT2D eigenvalue weighted by atomic mass is 32.2. The molecule has 0 aromatic heterocycles. The number of hydrogen-bond donors (Lipinski definition) is 2. The second-order valence-corrected chi connectivity index (χ2v) is 4.90. The van der Waals surface area contributed by atoms with Gasteiger partial charge in [-0.05, 0) is 6.07 Å². The van der Waals surface area contributed by atoms with Crippen molar-refractivity contribution < 1.29 is 23.8 Å². The van der Waals surface area contributed by atoms with Crippen LogP contribution in [0, 0.1) is 10.1 Å². The van der Waals surface area contributed by atoms with E-state index in [0.717, 1.165) is 0 Å². The fourth-order valence-electron chi connectivity index (χ4n) is 1.26. The Balaban J connectivity index is 2.70. The van der Waals surface area contributed by atoms with Crippen molar-refractivity contribution >= 4 is 34.1 Å². The van der Waals surface area contributed by atoms with E-state index < -0.39 is 39.1 Å². The monoisotopic (exact) mass is 286 g/mol. The standard InChI is InChI=1S/C10H10N2O6S/c13-9(5-19(18)6-10(14)15)11-7-3-1-2-4-8(7)12(16)17/h1-4H,5-6H2,(H,11,13)(H,14,15)/t19-/m0/s1. The van der Waals surface area contributed by atoms with Crippen LogP contribution in [0.3, 0.4) is 0 Å². The van der Waals surface area contributed by atoms with Crippen LogP contribution in [0.5, 0.6) is 0 Å². The maximum atomic E-state index is 11.5. The van der Waals surface area contributed by atoms with Gasteiger partial charge in [-0.3, -0.25) is 23.9 Å². The van der Waals surface area contributed by atoms with Crippen LogP contribution in [-0.4, -0.2) is 37.6 Å². The highest BCUT2D eigenvalue weighted by molar-refractivity contribution is 7.86. The number of rotatable bonds is 6. The molecule has 102 valence electrons.